The van der Waals surface area contributed by atoms with Crippen molar-refractivity contribution in [3.8, 4) is 0 Å². The molecule has 0 N–H and O–H groups in total. The van der Waals surface area contributed by atoms with E-state index in [0.717, 1.165) is 31.8 Å². The first kappa shape index (κ1) is 12.7. The van der Waals surface area contributed by atoms with Crippen LogP contribution in [0.2, 0.25) is 0 Å². The van der Waals surface area contributed by atoms with Gasteiger partial charge < -0.3 is 4.74 Å². The molecule has 2 saturated carbocycles. The number of Topliss-reactive ketones (excluding diaryl/α,β-unsaturated/α-hetero) is 1. The van der Waals surface area contributed by atoms with E-state index in [-0.39, 0.29) is 11.5 Å². The highest BCUT2D eigenvalue weighted by atomic mass is 16.5. The van der Waals surface area contributed by atoms with Crippen LogP contribution in [0.1, 0.15) is 52.9 Å². The van der Waals surface area contributed by atoms with Gasteiger partial charge in [-0.15, -0.1) is 0 Å². The summed E-state index contributed by atoms with van der Waals surface area (Å²) in [5.41, 5.74) is -0.0587. The van der Waals surface area contributed by atoms with Gasteiger partial charge in [-0.05, 0) is 49.4 Å². The summed E-state index contributed by atoms with van der Waals surface area (Å²) < 4.78 is 6.32. The van der Waals surface area contributed by atoms with E-state index in [9.17, 15) is 4.79 Å². The first-order valence-corrected chi connectivity index (χ1v) is 7.71. The van der Waals surface area contributed by atoms with Crippen molar-refractivity contribution >= 4 is 5.78 Å². The number of ether oxygens (including phenoxy) is 1. The summed E-state index contributed by atoms with van der Waals surface area (Å²) in [6, 6.07) is 0. The Morgan fingerprint density at radius 1 is 1.33 bits per heavy atom. The molecule has 1 saturated heterocycles. The normalized spacial score (nSPS) is 48.1. The van der Waals surface area contributed by atoms with Crippen molar-refractivity contribution in [3.05, 3.63) is 0 Å². The highest BCUT2D eigenvalue weighted by molar-refractivity contribution is 5.84. The topological polar surface area (TPSA) is 26.3 Å². The molecule has 0 bridgehead atoms. The summed E-state index contributed by atoms with van der Waals surface area (Å²) in [5, 5.41) is 0. The highest BCUT2D eigenvalue weighted by Crippen LogP contribution is 2.56. The second-order valence-electron chi connectivity index (χ2n) is 7.23. The molecule has 2 nitrogen and oxygen atoms in total. The molecule has 5 atom stereocenters. The van der Waals surface area contributed by atoms with Gasteiger partial charge in [0, 0.05) is 6.42 Å². The lowest BCUT2D eigenvalue weighted by molar-refractivity contribution is -0.151. The number of carbonyl (C=O) groups is 1. The predicted molar refractivity (Wildman–Crippen MR) is 71.2 cm³/mol. The van der Waals surface area contributed by atoms with Crippen molar-refractivity contribution in [2.45, 2.75) is 58.5 Å². The maximum absolute atomic E-state index is 12.4. The molecule has 3 rings (SSSR count). The summed E-state index contributed by atoms with van der Waals surface area (Å²) in [6.07, 6.45) is 5.51. The molecular weight excluding hydrogens is 224 g/mol. The zero-order valence-corrected chi connectivity index (χ0v) is 11.9. The van der Waals surface area contributed by atoms with Crippen molar-refractivity contribution < 1.29 is 9.53 Å². The summed E-state index contributed by atoms with van der Waals surface area (Å²) in [7, 11) is 0. The summed E-state index contributed by atoms with van der Waals surface area (Å²) >= 11 is 0. The van der Waals surface area contributed by atoms with Crippen LogP contribution in [0.15, 0.2) is 0 Å². The monoisotopic (exact) mass is 250 g/mol. The fourth-order valence-electron chi connectivity index (χ4n) is 4.80. The minimum absolute atomic E-state index is 0.0587. The van der Waals surface area contributed by atoms with E-state index in [0.29, 0.717) is 23.5 Å². The molecule has 18 heavy (non-hydrogen) atoms. The van der Waals surface area contributed by atoms with Crippen LogP contribution in [0, 0.1) is 29.6 Å². The van der Waals surface area contributed by atoms with Crippen LogP contribution in [0.3, 0.4) is 0 Å². The zero-order chi connectivity index (χ0) is 12.9. The number of carbonyl (C=O) groups excluding carboxylic acids is 1. The molecule has 0 aromatic carbocycles. The molecular formula is C16H26O2. The quantitative estimate of drug-likeness (QED) is 0.712. The molecule has 2 unspecified atom stereocenters. The SMILES string of the molecule is CC1CC[C@]23OC[C@H](C(C)C)C2C(=O)CC[C@@H]3C1. The van der Waals surface area contributed by atoms with Gasteiger partial charge in [0.25, 0.3) is 0 Å². The number of hydrogen-bond acceptors (Lipinski definition) is 2. The van der Waals surface area contributed by atoms with Crippen LogP contribution < -0.4 is 0 Å². The molecule has 3 fully saturated rings. The maximum atomic E-state index is 12.4. The third-order valence-corrected chi connectivity index (χ3v) is 5.85. The van der Waals surface area contributed by atoms with Crippen LogP contribution in [0.5, 0.6) is 0 Å². The van der Waals surface area contributed by atoms with E-state index in [1.54, 1.807) is 0 Å². The third kappa shape index (κ3) is 1.68. The average Bonchev–Trinajstić information content (AvgIpc) is 2.71. The molecule has 1 spiro atoms. The lowest BCUT2D eigenvalue weighted by atomic mass is 9.57. The van der Waals surface area contributed by atoms with Gasteiger partial charge in [-0.1, -0.05) is 20.8 Å². The molecule has 0 aromatic rings. The Kier molecular flexibility index (Phi) is 3.04. The molecule has 1 aliphatic heterocycles. The van der Waals surface area contributed by atoms with Gasteiger partial charge in [0.15, 0.2) is 0 Å². The van der Waals surface area contributed by atoms with E-state index in [4.69, 9.17) is 4.74 Å². The van der Waals surface area contributed by atoms with E-state index >= 15 is 0 Å². The van der Waals surface area contributed by atoms with E-state index in [1.165, 1.54) is 12.8 Å². The van der Waals surface area contributed by atoms with Gasteiger partial charge in [-0.3, -0.25) is 4.79 Å². The minimum Gasteiger partial charge on any atom is -0.374 e. The maximum Gasteiger partial charge on any atom is 0.139 e. The van der Waals surface area contributed by atoms with Crippen LogP contribution in [0.25, 0.3) is 0 Å². The van der Waals surface area contributed by atoms with Crippen molar-refractivity contribution in [1.29, 1.82) is 0 Å². The van der Waals surface area contributed by atoms with Gasteiger partial charge in [0.05, 0.1) is 18.1 Å². The Labute approximate surface area is 110 Å². The van der Waals surface area contributed by atoms with Crippen molar-refractivity contribution in [3.63, 3.8) is 0 Å². The van der Waals surface area contributed by atoms with Crippen molar-refractivity contribution in [2.24, 2.45) is 29.6 Å². The molecule has 3 aliphatic rings. The average molecular weight is 250 g/mol. The minimum atomic E-state index is -0.0587. The Morgan fingerprint density at radius 3 is 2.83 bits per heavy atom. The predicted octanol–water partition coefficient (Wildman–Crippen LogP) is 3.44. The standard InChI is InChI=1S/C16H26O2/c1-10(2)13-9-18-16-7-6-11(3)8-12(16)4-5-14(17)15(13)16/h10-13,15H,4-9H2,1-3H3/t11?,12-,13-,15?,16-/m1/s1. The Bertz CT molecular complexity index is 349. The molecule has 0 radical (unpaired) electrons. The smallest absolute Gasteiger partial charge is 0.139 e. The first-order valence-electron chi connectivity index (χ1n) is 7.71. The van der Waals surface area contributed by atoms with E-state index < -0.39 is 0 Å². The Balaban J connectivity index is 1.93. The summed E-state index contributed by atoms with van der Waals surface area (Å²) in [6.45, 7) is 7.66. The third-order valence-electron chi connectivity index (χ3n) is 5.85. The second-order valence-corrected chi connectivity index (χ2v) is 7.23. The van der Waals surface area contributed by atoms with E-state index in [1.807, 2.05) is 0 Å². The van der Waals surface area contributed by atoms with Gasteiger partial charge in [0.1, 0.15) is 5.78 Å². The molecule has 1 heterocycles. The lowest BCUT2D eigenvalue weighted by Gasteiger charge is -2.49. The van der Waals surface area contributed by atoms with Crippen LogP contribution >= 0.6 is 0 Å². The number of ketones is 1. The fourth-order valence-corrected chi connectivity index (χ4v) is 4.80. The number of hydrogen-bond donors (Lipinski definition) is 0. The fraction of sp³-hybridized carbons (Fsp3) is 0.938. The first-order chi connectivity index (χ1) is 8.54. The van der Waals surface area contributed by atoms with Crippen LogP contribution in [-0.2, 0) is 9.53 Å². The van der Waals surface area contributed by atoms with Gasteiger partial charge in [-0.25, -0.2) is 0 Å². The van der Waals surface area contributed by atoms with E-state index in [2.05, 4.69) is 20.8 Å². The van der Waals surface area contributed by atoms with Gasteiger partial charge in [-0.2, -0.15) is 0 Å². The summed E-state index contributed by atoms with van der Waals surface area (Å²) in [5.74, 6) is 3.20. The van der Waals surface area contributed by atoms with Gasteiger partial charge in [0.2, 0.25) is 0 Å². The molecule has 102 valence electrons. The van der Waals surface area contributed by atoms with Crippen LogP contribution in [0.4, 0.5) is 0 Å². The van der Waals surface area contributed by atoms with Gasteiger partial charge >= 0.3 is 0 Å². The largest absolute Gasteiger partial charge is 0.374 e. The summed E-state index contributed by atoms with van der Waals surface area (Å²) in [4.78, 5) is 12.4. The molecule has 2 aliphatic carbocycles. The zero-order valence-electron chi connectivity index (χ0n) is 11.9. The second kappa shape index (κ2) is 4.33. The molecule has 2 heteroatoms. The Morgan fingerprint density at radius 2 is 2.11 bits per heavy atom. The van der Waals surface area contributed by atoms with Crippen molar-refractivity contribution in [1.82, 2.24) is 0 Å². The van der Waals surface area contributed by atoms with Crippen LogP contribution in [-0.4, -0.2) is 18.0 Å². The highest BCUT2D eigenvalue weighted by Gasteiger charge is 2.60. The lowest BCUT2D eigenvalue weighted by Crippen LogP contribution is -2.54. The molecule has 0 aromatic heterocycles. The Hall–Kier alpha value is -0.370. The molecule has 0 amide bonds. The van der Waals surface area contributed by atoms with Crippen molar-refractivity contribution in [2.75, 3.05) is 6.61 Å². The number of rotatable bonds is 1.